The van der Waals surface area contributed by atoms with Gasteiger partial charge in [0.05, 0.1) is 6.61 Å². The zero-order valence-electron chi connectivity index (χ0n) is 13.2. The quantitative estimate of drug-likeness (QED) is 0.526. The molecule has 1 aromatic carbocycles. The van der Waals surface area contributed by atoms with Gasteiger partial charge in [-0.05, 0) is 25.3 Å². The monoisotopic (exact) mass is 318 g/mol. The first kappa shape index (κ1) is 18.4. The molecule has 3 N–H and O–H groups in total. The third kappa shape index (κ3) is 7.80. The number of carbonyl (C=O) groups is 3. The largest absolute Gasteiger partial charge is 0.463 e. The highest BCUT2D eigenvalue weighted by Crippen LogP contribution is 2.03. The van der Waals surface area contributed by atoms with Crippen molar-refractivity contribution >= 4 is 17.8 Å². The van der Waals surface area contributed by atoms with Crippen LogP contribution < -0.4 is 11.1 Å². The number of nitrogens with one attached hydrogen (secondary N) is 1. The maximum absolute atomic E-state index is 11.9. The fourth-order valence-electron chi connectivity index (χ4n) is 1.91. The van der Waals surface area contributed by atoms with Crippen molar-refractivity contribution in [1.29, 1.82) is 0 Å². The highest BCUT2D eigenvalue weighted by Gasteiger charge is 2.16. The molecule has 0 bridgehead atoms. The Bertz CT molecular complexity index is 555. The summed E-state index contributed by atoms with van der Waals surface area (Å²) in [5.74, 6) is -1.40. The Morgan fingerprint density at radius 2 is 1.96 bits per heavy atom. The fraction of sp³-hybridized carbons (Fsp3) is 0.353. The predicted octanol–water partition coefficient (Wildman–Crippen LogP) is 1.10. The molecule has 6 nitrogen and oxygen atoms in total. The first-order valence-electron chi connectivity index (χ1n) is 7.48. The Morgan fingerprint density at radius 1 is 1.26 bits per heavy atom. The van der Waals surface area contributed by atoms with Crippen LogP contribution in [-0.4, -0.2) is 30.4 Å². The number of aryl methyl sites for hydroxylation is 1. The van der Waals surface area contributed by atoms with E-state index in [1.165, 1.54) is 12.2 Å². The van der Waals surface area contributed by atoms with Crippen LogP contribution in [0.2, 0.25) is 0 Å². The molecule has 0 aliphatic heterocycles. The second kappa shape index (κ2) is 10.2. The topological polar surface area (TPSA) is 98.5 Å². The van der Waals surface area contributed by atoms with Crippen LogP contribution in [0.5, 0.6) is 0 Å². The van der Waals surface area contributed by atoms with E-state index < -0.39 is 17.9 Å². The van der Waals surface area contributed by atoms with Gasteiger partial charge in [-0.25, -0.2) is 4.79 Å². The second-order valence-corrected chi connectivity index (χ2v) is 4.90. The van der Waals surface area contributed by atoms with E-state index in [0.717, 1.165) is 5.56 Å². The van der Waals surface area contributed by atoms with Gasteiger partial charge >= 0.3 is 5.97 Å². The second-order valence-electron chi connectivity index (χ2n) is 4.90. The van der Waals surface area contributed by atoms with Crippen molar-refractivity contribution in [2.45, 2.75) is 32.2 Å². The van der Waals surface area contributed by atoms with E-state index in [2.05, 4.69) is 5.32 Å². The van der Waals surface area contributed by atoms with Gasteiger partial charge < -0.3 is 15.8 Å². The van der Waals surface area contributed by atoms with Gasteiger partial charge in [-0.3, -0.25) is 9.59 Å². The van der Waals surface area contributed by atoms with E-state index in [0.29, 0.717) is 6.42 Å². The molecule has 0 spiro atoms. The molecule has 23 heavy (non-hydrogen) atoms. The average molecular weight is 318 g/mol. The summed E-state index contributed by atoms with van der Waals surface area (Å²) < 4.78 is 4.72. The number of nitrogens with two attached hydrogens (primary N) is 1. The van der Waals surface area contributed by atoms with Gasteiger partial charge in [0.2, 0.25) is 11.8 Å². The minimum absolute atomic E-state index is 0.144. The Labute approximate surface area is 135 Å². The number of hydrogen-bond acceptors (Lipinski definition) is 4. The van der Waals surface area contributed by atoms with Crippen LogP contribution in [0, 0.1) is 0 Å². The zero-order chi connectivity index (χ0) is 17.1. The molecule has 1 aromatic rings. The molecule has 0 aromatic heterocycles. The van der Waals surface area contributed by atoms with Crippen molar-refractivity contribution in [2.24, 2.45) is 5.73 Å². The number of hydrogen-bond donors (Lipinski definition) is 2. The van der Waals surface area contributed by atoms with Crippen molar-refractivity contribution in [3.05, 3.63) is 48.0 Å². The van der Waals surface area contributed by atoms with E-state index in [-0.39, 0.29) is 25.4 Å². The van der Waals surface area contributed by atoms with Crippen LogP contribution in [0.3, 0.4) is 0 Å². The average Bonchev–Trinajstić information content (AvgIpc) is 2.53. The maximum Gasteiger partial charge on any atom is 0.330 e. The van der Waals surface area contributed by atoms with Gasteiger partial charge in [0.15, 0.2) is 0 Å². The summed E-state index contributed by atoms with van der Waals surface area (Å²) >= 11 is 0. The van der Waals surface area contributed by atoms with E-state index in [1.54, 1.807) is 6.92 Å². The predicted molar refractivity (Wildman–Crippen MR) is 86.3 cm³/mol. The van der Waals surface area contributed by atoms with Gasteiger partial charge in [0.25, 0.3) is 0 Å². The molecule has 1 rings (SSSR count). The van der Waals surface area contributed by atoms with E-state index in [1.807, 2.05) is 30.3 Å². The first-order chi connectivity index (χ1) is 11.0. The molecular weight excluding hydrogens is 296 g/mol. The minimum Gasteiger partial charge on any atom is -0.463 e. The summed E-state index contributed by atoms with van der Waals surface area (Å²) in [6, 6.07) is 8.73. The smallest absolute Gasteiger partial charge is 0.330 e. The van der Waals surface area contributed by atoms with Gasteiger partial charge in [0, 0.05) is 12.5 Å². The fourth-order valence-corrected chi connectivity index (χ4v) is 1.91. The maximum atomic E-state index is 11.9. The lowest BCUT2D eigenvalue weighted by molar-refractivity contribution is -0.137. The minimum atomic E-state index is -0.844. The molecule has 0 saturated heterocycles. The number of esters is 1. The molecule has 0 unspecified atom stereocenters. The summed E-state index contributed by atoms with van der Waals surface area (Å²) in [5.41, 5.74) is 6.31. The molecule has 1 atom stereocenters. The van der Waals surface area contributed by atoms with Crippen LogP contribution in [0.1, 0.15) is 25.3 Å². The summed E-state index contributed by atoms with van der Waals surface area (Å²) in [4.78, 5) is 34.4. The highest BCUT2D eigenvalue weighted by atomic mass is 16.5. The molecule has 0 heterocycles. The molecule has 0 radical (unpaired) electrons. The lowest BCUT2D eigenvalue weighted by atomic mass is 10.1. The van der Waals surface area contributed by atoms with Crippen molar-refractivity contribution in [2.75, 3.05) is 6.61 Å². The van der Waals surface area contributed by atoms with Crippen molar-refractivity contribution in [3.8, 4) is 0 Å². The number of rotatable bonds is 9. The molecule has 0 aliphatic rings. The molecule has 6 heteroatoms. The molecule has 0 fully saturated rings. The summed E-state index contributed by atoms with van der Waals surface area (Å²) in [6.07, 6.45) is 3.66. The Kier molecular flexibility index (Phi) is 8.13. The third-order valence-electron chi connectivity index (χ3n) is 3.07. The third-order valence-corrected chi connectivity index (χ3v) is 3.07. The molecular formula is C17H22N2O4. The number of amides is 2. The van der Waals surface area contributed by atoms with Crippen LogP contribution in [0.15, 0.2) is 42.5 Å². The number of carbonyl (C=O) groups excluding carboxylic acids is 3. The van der Waals surface area contributed by atoms with Crippen molar-refractivity contribution < 1.29 is 19.1 Å². The number of benzene rings is 1. The molecule has 0 aliphatic carbocycles. The normalized spacial score (nSPS) is 11.9. The molecule has 124 valence electrons. The van der Waals surface area contributed by atoms with Gasteiger partial charge in [-0.2, -0.15) is 0 Å². The highest BCUT2D eigenvalue weighted by molar-refractivity contribution is 5.87. The lowest BCUT2D eigenvalue weighted by Crippen LogP contribution is -2.44. The van der Waals surface area contributed by atoms with E-state index >= 15 is 0 Å². The molecule has 0 saturated carbocycles. The first-order valence-corrected chi connectivity index (χ1v) is 7.48. The van der Waals surface area contributed by atoms with Crippen LogP contribution in [0.25, 0.3) is 0 Å². The lowest BCUT2D eigenvalue weighted by Gasteiger charge is -2.13. The van der Waals surface area contributed by atoms with E-state index in [9.17, 15) is 14.4 Å². The van der Waals surface area contributed by atoms with Gasteiger partial charge in [0.1, 0.15) is 6.04 Å². The van der Waals surface area contributed by atoms with Crippen LogP contribution in [0.4, 0.5) is 0 Å². The van der Waals surface area contributed by atoms with Gasteiger partial charge in [-0.15, -0.1) is 0 Å². The standard InChI is InChI=1S/C17H22N2O4/c1-2-23-16(21)10-6-9-14(17(18)22)19-15(20)12-11-13-7-4-3-5-8-13/h3-8,10,14H,2,9,11-12H2,1H3,(H2,18,22)(H,19,20)/b10-6+/t14-/m1/s1. The van der Waals surface area contributed by atoms with E-state index in [4.69, 9.17) is 10.5 Å². The SMILES string of the molecule is CCOC(=O)/C=C/C[C@@H](NC(=O)CCc1ccccc1)C(N)=O. The van der Waals surface area contributed by atoms with Crippen molar-refractivity contribution in [3.63, 3.8) is 0 Å². The zero-order valence-corrected chi connectivity index (χ0v) is 13.2. The summed E-state index contributed by atoms with van der Waals surface area (Å²) in [5, 5.41) is 2.58. The van der Waals surface area contributed by atoms with Crippen LogP contribution in [-0.2, 0) is 25.5 Å². The molecule has 2 amide bonds. The van der Waals surface area contributed by atoms with Gasteiger partial charge in [-0.1, -0.05) is 36.4 Å². The summed E-state index contributed by atoms with van der Waals surface area (Å²) in [7, 11) is 0. The Hall–Kier alpha value is -2.63. The number of primary amides is 1. The Balaban J connectivity index is 2.44. The van der Waals surface area contributed by atoms with Crippen molar-refractivity contribution in [1.82, 2.24) is 5.32 Å². The Morgan fingerprint density at radius 3 is 2.57 bits per heavy atom. The number of ether oxygens (including phenoxy) is 1. The summed E-state index contributed by atoms with van der Waals surface area (Å²) in [6.45, 7) is 1.98. The van der Waals surface area contributed by atoms with Crippen LogP contribution >= 0.6 is 0 Å².